The van der Waals surface area contributed by atoms with Crippen molar-refractivity contribution in [3.8, 4) is 5.69 Å². The summed E-state index contributed by atoms with van der Waals surface area (Å²) in [4.78, 5) is 22.5. The quantitative estimate of drug-likeness (QED) is 0.663. The van der Waals surface area contributed by atoms with Gasteiger partial charge in [0.05, 0.1) is 18.9 Å². The Hall–Kier alpha value is -3.22. The first kappa shape index (κ1) is 16.3. The predicted octanol–water partition coefficient (Wildman–Crippen LogP) is 2.17. The second-order valence-electron chi connectivity index (χ2n) is 6.34. The molecule has 3 aromatic rings. The van der Waals surface area contributed by atoms with Crippen molar-refractivity contribution in [1.29, 1.82) is 0 Å². The summed E-state index contributed by atoms with van der Waals surface area (Å²) in [6, 6.07) is 8.19. The van der Waals surface area contributed by atoms with Crippen LogP contribution < -0.4 is 0 Å². The van der Waals surface area contributed by atoms with Gasteiger partial charge < -0.3 is 9.47 Å². The lowest BCUT2D eigenvalue weighted by molar-refractivity contribution is -0.126. The van der Waals surface area contributed by atoms with Crippen LogP contribution >= 0.6 is 0 Å². The molecule has 1 aromatic carbocycles. The van der Waals surface area contributed by atoms with Gasteiger partial charge in [0.25, 0.3) is 0 Å². The van der Waals surface area contributed by atoms with Crippen LogP contribution in [0.15, 0.2) is 61.7 Å². The number of nitrogens with zero attached hydrogens (tertiary/aromatic N) is 6. The zero-order valence-corrected chi connectivity index (χ0v) is 14.3. The Kier molecular flexibility index (Phi) is 4.59. The third-order valence-corrected chi connectivity index (χ3v) is 4.64. The molecule has 1 unspecified atom stereocenters. The van der Waals surface area contributed by atoms with Crippen LogP contribution in [0.1, 0.15) is 18.4 Å². The summed E-state index contributed by atoms with van der Waals surface area (Å²) >= 11 is 0. The lowest BCUT2D eigenvalue weighted by atomic mass is 10.2. The fraction of sp³-hybridized carbons (Fsp3) is 0.263. The van der Waals surface area contributed by atoms with Crippen LogP contribution in [0.2, 0.25) is 0 Å². The predicted molar refractivity (Wildman–Crippen MR) is 97.4 cm³/mol. The van der Waals surface area contributed by atoms with Crippen LogP contribution in [-0.4, -0.2) is 47.7 Å². The molecule has 0 spiro atoms. The molecule has 4 rings (SSSR count). The number of hydrogen-bond acceptors (Lipinski definition) is 4. The van der Waals surface area contributed by atoms with E-state index in [0.29, 0.717) is 6.54 Å². The summed E-state index contributed by atoms with van der Waals surface area (Å²) in [6.45, 7) is 1.49. The van der Waals surface area contributed by atoms with Gasteiger partial charge >= 0.3 is 0 Å². The number of carbonyl (C=O) groups is 1. The second-order valence-corrected chi connectivity index (χ2v) is 6.34. The Morgan fingerprint density at radius 2 is 2.08 bits per heavy atom. The van der Waals surface area contributed by atoms with Crippen molar-refractivity contribution in [3.63, 3.8) is 0 Å². The maximum atomic E-state index is 12.6. The zero-order chi connectivity index (χ0) is 17.8. The summed E-state index contributed by atoms with van der Waals surface area (Å²) in [6.07, 6.45) is 14.2. The molecule has 7 nitrogen and oxygen atoms in total. The number of aromatic nitrogens is 5. The van der Waals surface area contributed by atoms with Crippen LogP contribution in [-0.2, 0) is 11.3 Å². The van der Waals surface area contributed by atoms with E-state index in [2.05, 4.69) is 15.1 Å². The minimum atomic E-state index is 0.0475. The molecule has 0 radical (unpaired) electrons. The molecule has 7 heteroatoms. The fourth-order valence-electron chi connectivity index (χ4n) is 3.29. The third-order valence-electron chi connectivity index (χ3n) is 4.64. The van der Waals surface area contributed by atoms with Gasteiger partial charge in [0.15, 0.2) is 0 Å². The van der Waals surface area contributed by atoms with Crippen molar-refractivity contribution in [1.82, 2.24) is 29.2 Å². The molecule has 1 fully saturated rings. The summed E-state index contributed by atoms with van der Waals surface area (Å²) in [5.74, 6) is 0.0475. The topological polar surface area (TPSA) is 68.8 Å². The van der Waals surface area contributed by atoms with Gasteiger partial charge in [-0.25, -0.2) is 9.97 Å². The van der Waals surface area contributed by atoms with Crippen molar-refractivity contribution >= 4 is 12.0 Å². The van der Waals surface area contributed by atoms with E-state index in [1.165, 1.54) is 6.33 Å². The highest BCUT2D eigenvalue weighted by Crippen LogP contribution is 2.19. The Bertz CT molecular complexity index is 867. The van der Waals surface area contributed by atoms with E-state index in [1.54, 1.807) is 29.6 Å². The normalized spacial score (nSPS) is 17.2. The molecule has 1 amide bonds. The number of rotatable bonds is 5. The summed E-state index contributed by atoms with van der Waals surface area (Å²) in [5.41, 5.74) is 2.03. The van der Waals surface area contributed by atoms with Crippen LogP contribution in [0.5, 0.6) is 0 Å². The van der Waals surface area contributed by atoms with Gasteiger partial charge in [-0.15, -0.1) is 0 Å². The first-order valence-corrected chi connectivity index (χ1v) is 8.69. The zero-order valence-electron chi connectivity index (χ0n) is 14.3. The molecule has 0 saturated carbocycles. The van der Waals surface area contributed by atoms with Gasteiger partial charge in [0.2, 0.25) is 5.91 Å². The van der Waals surface area contributed by atoms with Crippen molar-refractivity contribution in [3.05, 3.63) is 67.3 Å². The van der Waals surface area contributed by atoms with E-state index in [-0.39, 0.29) is 11.9 Å². The molecule has 1 aliphatic rings. The molecule has 26 heavy (non-hydrogen) atoms. The average molecular weight is 348 g/mol. The highest BCUT2D eigenvalue weighted by molar-refractivity contribution is 5.92. The number of imidazole rings is 1. The highest BCUT2D eigenvalue weighted by Gasteiger charge is 2.27. The van der Waals surface area contributed by atoms with Crippen molar-refractivity contribution in [2.45, 2.75) is 25.4 Å². The number of carbonyl (C=O) groups excluding carboxylic acids is 1. The molecule has 0 bridgehead atoms. The van der Waals surface area contributed by atoms with E-state index in [9.17, 15) is 4.79 Å². The van der Waals surface area contributed by atoms with E-state index < -0.39 is 0 Å². The van der Waals surface area contributed by atoms with Gasteiger partial charge in [-0.2, -0.15) is 5.10 Å². The number of likely N-dealkylation sites (tertiary alicyclic amines) is 1. The lowest BCUT2D eigenvalue weighted by Gasteiger charge is -2.23. The van der Waals surface area contributed by atoms with Crippen molar-refractivity contribution in [2.75, 3.05) is 6.54 Å². The largest absolute Gasteiger partial charge is 0.334 e. The maximum Gasteiger partial charge on any atom is 0.246 e. The molecule has 1 aliphatic heterocycles. The monoisotopic (exact) mass is 348 g/mol. The minimum absolute atomic E-state index is 0.0475. The molecular formula is C19H20N6O. The average Bonchev–Trinajstić information content (AvgIpc) is 3.43. The molecule has 132 valence electrons. The number of amides is 1. The second kappa shape index (κ2) is 7.35. The van der Waals surface area contributed by atoms with E-state index in [1.807, 2.05) is 46.0 Å². The maximum absolute atomic E-state index is 12.6. The van der Waals surface area contributed by atoms with Gasteiger partial charge in [-0.05, 0) is 36.6 Å². The van der Waals surface area contributed by atoms with Gasteiger partial charge in [0, 0.05) is 30.7 Å². The molecule has 1 atom stereocenters. The first-order chi connectivity index (χ1) is 12.8. The van der Waals surface area contributed by atoms with E-state index in [4.69, 9.17) is 0 Å². The summed E-state index contributed by atoms with van der Waals surface area (Å²) < 4.78 is 3.73. The van der Waals surface area contributed by atoms with Crippen molar-refractivity contribution in [2.24, 2.45) is 0 Å². The number of hydrogen-bond donors (Lipinski definition) is 0. The van der Waals surface area contributed by atoms with Gasteiger partial charge in [-0.1, -0.05) is 12.1 Å². The van der Waals surface area contributed by atoms with Crippen molar-refractivity contribution < 1.29 is 4.79 Å². The van der Waals surface area contributed by atoms with Gasteiger partial charge in [0.1, 0.15) is 12.7 Å². The minimum Gasteiger partial charge on any atom is -0.334 e. The first-order valence-electron chi connectivity index (χ1n) is 8.69. The summed E-state index contributed by atoms with van der Waals surface area (Å²) in [7, 11) is 0. The fourth-order valence-corrected chi connectivity index (χ4v) is 3.29. The Morgan fingerprint density at radius 1 is 1.19 bits per heavy atom. The standard InChI is InChI=1S/C19H20N6O/c26-19(25-10-1-2-18(25)12-24-15-21-13-22-24)8-5-16-3-6-17(7-4-16)23-11-9-20-14-23/h3-9,11,13-15,18H,1-2,10,12H2/b8-5+. The molecular weight excluding hydrogens is 328 g/mol. The molecule has 1 saturated heterocycles. The van der Waals surface area contributed by atoms with Crippen LogP contribution in [0.25, 0.3) is 11.8 Å². The van der Waals surface area contributed by atoms with Crippen LogP contribution in [0.3, 0.4) is 0 Å². The molecule has 0 aliphatic carbocycles. The van der Waals surface area contributed by atoms with Gasteiger partial charge in [-0.3, -0.25) is 9.48 Å². The highest BCUT2D eigenvalue weighted by atomic mass is 16.2. The molecule has 3 heterocycles. The smallest absolute Gasteiger partial charge is 0.246 e. The Balaban J connectivity index is 1.40. The third kappa shape index (κ3) is 3.56. The molecule has 2 aromatic heterocycles. The number of benzene rings is 1. The van der Waals surface area contributed by atoms with Crippen LogP contribution in [0, 0.1) is 0 Å². The Labute approximate surface area is 151 Å². The Morgan fingerprint density at radius 3 is 2.81 bits per heavy atom. The lowest BCUT2D eigenvalue weighted by Crippen LogP contribution is -2.37. The molecule has 0 N–H and O–H groups in total. The summed E-state index contributed by atoms with van der Waals surface area (Å²) in [5, 5.41) is 4.14. The van der Waals surface area contributed by atoms with E-state index >= 15 is 0 Å². The van der Waals surface area contributed by atoms with E-state index in [0.717, 1.165) is 30.6 Å². The van der Waals surface area contributed by atoms with Crippen LogP contribution in [0.4, 0.5) is 0 Å². The SMILES string of the molecule is O=C(/C=C/c1ccc(-n2ccnc2)cc1)N1CCCC1Cn1cncn1.